The minimum atomic E-state index is -0.152. The number of anilines is 1. The van der Waals surface area contributed by atoms with E-state index in [4.69, 9.17) is 11.5 Å². The highest BCUT2D eigenvalue weighted by molar-refractivity contribution is 5.95. The van der Waals surface area contributed by atoms with Crippen molar-refractivity contribution in [2.75, 3.05) is 39.5 Å². The van der Waals surface area contributed by atoms with Crippen LogP contribution in [0.15, 0.2) is 47.6 Å². The molecule has 26 heavy (non-hydrogen) atoms. The molecule has 0 radical (unpaired) electrons. The second-order valence-electron chi connectivity index (χ2n) is 6.29. The molecule has 1 aromatic carbocycles. The zero-order chi connectivity index (χ0) is 19.7. The van der Waals surface area contributed by atoms with Gasteiger partial charge in [0.1, 0.15) is 5.84 Å². The molecule has 0 aliphatic heterocycles. The van der Waals surface area contributed by atoms with Crippen molar-refractivity contribution in [3.05, 3.63) is 48.2 Å². The van der Waals surface area contributed by atoms with Gasteiger partial charge in [-0.3, -0.25) is 0 Å². The summed E-state index contributed by atoms with van der Waals surface area (Å²) in [4.78, 5) is 20.0. The number of nitrogens with one attached hydrogen (secondary N) is 1. The summed E-state index contributed by atoms with van der Waals surface area (Å²) in [6.07, 6.45) is 2.34. The number of amidine groups is 1. The van der Waals surface area contributed by atoms with Crippen LogP contribution in [0.2, 0.25) is 0 Å². The number of urea groups is 1. The number of likely N-dealkylation sites (N-methyl/N-ethyl adjacent to an activating group) is 2. The predicted octanol–water partition coefficient (Wildman–Crippen LogP) is 2.29. The first kappa shape index (κ1) is 21.2. The fourth-order valence-corrected chi connectivity index (χ4v) is 1.96. The molecule has 0 aliphatic carbocycles. The Morgan fingerprint density at radius 1 is 1.19 bits per heavy atom. The summed E-state index contributed by atoms with van der Waals surface area (Å²) in [5.41, 5.74) is 14.3. The Labute approximate surface area is 156 Å². The van der Waals surface area contributed by atoms with Crippen molar-refractivity contribution in [2.24, 2.45) is 16.5 Å². The van der Waals surface area contributed by atoms with Gasteiger partial charge >= 0.3 is 6.03 Å². The lowest BCUT2D eigenvalue weighted by Crippen LogP contribution is -2.36. The molecular weight excluding hydrogens is 328 g/mol. The van der Waals surface area contributed by atoms with Crippen LogP contribution in [0.25, 0.3) is 5.70 Å². The van der Waals surface area contributed by atoms with Crippen LogP contribution in [0.4, 0.5) is 10.5 Å². The van der Waals surface area contributed by atoms with Crippen LogP contribution >= 0.6 is 0 Å². The summed E-state index contributed by atoms with van der Waals surface area (Å²) < 4.78 is 0. The monoisotopic (exact) mass is 358 g/mol. The molecule has 0 fully saturated rings. The van der Waals surface area contributed by atoms with Crippen LogP contribution in [0.3, 0.4) is 0 Å². The molecule has 0 aromatic heterocycles. The van der Waals surface area contributed by atoms with E-state index >= 15 is 0 Å². The molecule has 0 saturated carbocycles. The van der Waals surface area contributed by atoms with Crippen molar-refractivity contribution >= 4 is 23.3 Å². The molecule has 0 spiro atoms. The van der Waals surface area contributed by atoms with Gasteiger partial charge in [0.2, 0.25) is 0 Å². The number of nitrogens with zero attached hydrogens (tertiary/aromatic N) is 3. The third-order valence-corrected chi connectivity index (χ3v) is 3.70. The highest BCUT2D eigenvalue weighted by Gasteiger charge is 2.09. The van der Waals surface area contributed by atoms with Gasteiger partial charge < -0.3 is 26.6 Å². The molecule has 2 amide bonds. The van der Waals surface area contributed by atoms with E-state index in [0.717, 1.165) is 12.1 Å². The maximum Gasteiger partial charge on any atom is 0.321 e. The lowest BCUT2D eigenvalue weighted by atomic mass is 10.1. The van der Waals surface area contributed by atoms with Crippen LogP contribution < -0.4 is 16.8 Å². The van der Waals surface area contributed by atoms with Crippen LogP contribution in [-0.4, -0.2) is 55.9 Å². The quantitative estimate of drug-likeness (QED) is 0.490. The summed E-state index contributed by atoms with van der Waals surface area (Å²) in [5.74, 6) is 0.314. The zero-order valence-electron chi connectivity index (χ0n) is 16.1. The van der Waals surface area contributed by atoms with E-state index in [2.05, 4.69) is 16.9 Å². The third-order valence-electron chi connectivity index (χ3n) is 3.70. The van der Waals surface area contributed by atoms with E-state index in [0.29, 0.717) is 35.9 Å². The largest absolute Gasteiger partial charge is 0.402 e. The minimum absolute atomic E-state index is 0.152. The molecule has 0 saturated heterocycles. The van der Waals surface area contributed by atoms with E-state index in [1.807, 2.05) is 38.1 Å². The van der Waals surface area contributed by atoms with Crippen LogP contribution in [-0.2, 0) is 0 Å². The molecule has 5 N–H and O–H groups in total. The Morgan fingerprint density at radius 3 is 2.35 bits per heavy atom. The second kappa shape index (κ2) is 10.2. The maximum atomic E-state index is 12.1. The molecule has 0 aliphatic rings. The average Bonchev–Trinajstić information content (AvgIpc) is 2.59. The van der Waals surface area contributed by atoms with Crippen molar-refractivity contribution in [3.8, 4) is 0 Å². The first-order valence-electron chi connectivity index (χ1n) is 8.49. The second-order valence-corrected chi connectivity index (χ2v) is 6.29. The summed E-state index contributed by atoms with van der Waals surface area (Å²) in [7, 11) is 5.71. The predicted molar refractivity (Wildman–Crippen MR) is 110 cm³/mol. The lowest BCUT2D eigenvalue weighted by molar-refractivity contribution is 0.217. The number of benzene rings is 1. The number of amides is 2. The van der Waals surface area contributed by atoms with Crippen molar-refractivity contribution in [1.29, 1.82) is 0 Å². The summed E-state index contributed by atoms with van der Waals surface area (Å²) >= 11 is 0. The summed E-state index contributed by atoms with van der Waals surface area (Å²) in [6.45, 7) is 7.32. The number of allylic oxidation sites excluding steroid dienone is 1. The zero-order valence-corrected chi connectivity index (χ0v) is 16.1. The van der Waals surface area contributed by atoms with Gasteiger partial charge in [0.25, 0.3) is 0 Å². The van der Waals surface area contributed by atoms with Crippen LogP contribution in [0.1, 0.15) is 18.9 Å². The third kappa shape index (κ3) is 7.40. The molecule has 0 bridgehead atoms. The first-order chi connectivity index (χ1) is 12.2. The van der Waals surface area contributed by atoms with Crippen molar-refractivity contribution in [1.82, 2.24) is 9.80 Å². The van der Waals surface area contributed by atoms with Gasteiger partial charge in [-0.05, 0) is 44.3 Å². The highest BCUT2D eigenvalue weighted by atomic mass is 16.2. The number of aliphatic imine (C=N–C) groups is 1. The highest BCUT2D eigenvalue weighted by Crippen LogP contribution is 2.17. The smallest absolute Gasteiger partial charge is 0.321 e. The van der Waals surface area contributed by atoms with Gasteiger partial charge in [0.05, 0.1) is 5.70 Å². The molecule has 1 aromatic rings. The van der Waals surface area contributed by atoms with Gasteiger partial charge in [0, 0.05) is 31.5 Å². The molecule has 142 valence electrons. The van der Waals surface area contributed by atoms with E-state index in [-0.39, 0.29) is 6.03 Å². The fraction of sp³-hybridized carbons (Fsp3) is 0.368. The SMILES string of the molecule is C=C(N=C(N)/C=C(\N)CC)c1ccc(NC(=O)N(C)CCN(C)C)cc1. The standard InChI is InChI=1S/C19H30N6O/c1-6-16(20)13-18(21)22-14(2)15-7-9-17(10-8-15)23-19(26)25(5)12-11-24(3)4/h7-10,13H,2,6,11-12,20H2,1,3-5H3,(H2,21,22)(H,23,26)/b16-13-. The number of hydrogen-bond acceptors (Lipinski definition) is 4. The molecular formula is C19H30N6O. The van der Waals surface area contributed by atoms with E-state index in [1.165, 1.54) is 0 Å². The minimum Gasteiger partial charge on any atom is -0.402 e. The number of carbonyl (C=O) groups excluding carboxylic acids is 1. The molecule has 0 unspecified atom stereocenters. The average molecular weight is 358 g/mol. The number of hydrogen-bond donors (Lipinski definition) is 3. The van der Waals surface area contributed by atoms with Crippen molar-refractivity contribution in [2.45, 2.75) is 13.3 Å². The molecule has 0 heterocycles. The molecule has 1 rings (SSSR count). The van der Waals surface area contributed by atoms with Crippen LogP contribution in [0.5, 0.6) is 0 Å². The molecule has 7 nitrogen and oxygen atoms in total. The van der Waals surface area contributed by atoms with E-state index in [1.54, 1.807) is 30.2 Å². The topological polar surface area (TPSA) is 100.0 Å². The van der Waals surface area contributed by atoms with Crippen molar-refractivity contribution < 1.29 is 4.79 Å². The first-order valence-corrected chi connectivity index (χ1v) is 8.49. The van der Waals surface area contributed by atoms with Gasteiger partial charge in [-0.2, -0.15) is 0 Å². The fourth-order valence-electron chi connectivity index (χ4n) is 1.96. The Hall–Kier alpha value is -2.80. The summed E-state index contributed by atoms with van der Waals surface area (Å²) in [5, 5.41) is 2.86. The van der Waals surface area contributed by atoms with Gasteiger partial charge in [-0.15, -0.1) is 0 Å². The Morgan fingerprint density at radius 2 is 1.81 bits per heavy atom. The van der Waals surface area contributed by atoms with E-state index in [9.17, 15) is 4.79 Å². The Kier molecular flexibility index (Phi) is 8.37. The Bertz CT molecular complexity index is 676. The normalized spacial score (nSPS) is 12.2. The van der Waals surface area contributed by atoms with Crippen molar-refractivity contribution in [3.63, 3.8) is 0 Å². The number of nitrogens with two attached hydrogens (primary N) is 2. The number of rotatable bonds is 8. The lowest BCUT2D eigenvalue weighted by Gasteiger charge is -2.20. The molecule has 7 heteroatoms. The number of carbonyl (C=O) groups is 1. The van der Waals surface area contributed by atoms with Crippen LogP contribution in [0, 0.1) is 0 Å². The Balaban J connectivity index is 2.69. The molecule has 0 atom stereocenters. The van der Waals surface area contributed by atoms with Gasteiger partial charge in [0.15, 0.2) is 0 Å². The van der Waals surface area contributed by atoms with E-state index < -0.39 is 0 Å². The van der Waals surface area contributed by atoms with Gasteiger partial charge in [-0.1, -0.05) is 25.6 Å². The van der Waals surface area contributed by atoms with Gasteiger partial charge in [-0.25, -0.2) is 9.79 Å². The summed E-state index contributed by atoms with van der Waals surface area (Å²) in [6, 6.07) is 7.13. The maximum absolute atomic E-state index is 12.1.